The van der Waals surface area contributed by atoms with Crippen molar-refractivity contribution >= 4 is 0 Å². The van der Waals surface area contributed by atoms with Crippen LogP contribution in [0.3, 0.4) is 0 Å². The zero-order chi connectivity index (χ0) is 13.1. The summed E-state index contributed by atoms with van der Waals surface area (Å²) in [6.07, 6.45) is 6.87. The summed E-state index contributed by atoms with van der Waals surface area (Å²) in [5.74, 6) is 0. The van der Waals surface area contributed by atoms with Crippen LogP contribution < -0.4 is 0 Å². The standard InChI is InChI=1S/C14H9N5/c15-8-13-14(5-3-7-17-13)19-10-11(9-18-19)12-4-1-2-6-16-12/h1-7,9-10H. The fourth-order valence-electron chi connectivity index (χ4n) is 1.79. The minimum atomic E-state index is 0.346. The molecule has 3 aromatic heterocycles. The zero-order valence-electron chi connectivity index (χ0n) is 9.93. The average Bonchev–Trinajstić information content (AvgIpc) is 2.98. The number of aromatic nitrogens is 4. The van der Waals surface area contributed by atoms with Crippen molar-refractivity contribution < 1.29 is 0 Å². The highest BCUT2D eigenvalue weighted by molar-refractivity contribution is 5.57. The molecule has 0 amide bonds. The Labute approximate surface area is 109 Å². The molecule has 0 fully saturated rings. The van der Waals surface area contributed by atoms with Gasteiger partial charge in [0.2, 0.25) is 0 Å². The Bertz CT molecular complexity index is 740. The molecule has 0 atom stereocenters. The van der Waals surface area contributed by atoms with Crippen LogP contribution in [0.15, 0.2) is 55.1 Å². The van der Waals surface area contributed by atoms with E-state index in [0.29, 0.717) is 11.4 Å². The van der Waals surface area contributed by atoms with Crippen LogP contribution in [0.2, 0.25) is 0 Å². The van der Waals surface area contributed by atoms with Gasteiger partial charge in [-0.15, -0.1) is 0 Å². The minimum absolute atomic E-state index is 0.346. The van der Waals surface area contributed by atoms with Gasteiger partial charge in [-0.1, -0.05) is 6.07 Å². The number of hydrogen-bond acceptors (Lipinski definition) is 4. The van der Waals surface area contributed by atoms with E-state index in [2.05, 4.69) is 21.1 Å². The lowest BCUT2D eigenvalue weighted by atomic mass is 10.2. The third-order valence-corrected chi connectivity index (χ3v) is 2.68. The molecule has 3 heterocycles. The van der Waals surface area contributed by atoms with Gasteiger partial charge in [-0.2, -0.15) is 10.4 Å². The molecule has 0 radical (unpaired) electrons. The van der Waals surface area contributed by atoms with Crippen LogP contribution in [0.5, 0.6) is 0 Å². The summed E-state index contributed by atoms with van der Waals surface area (Å²) in [5.41, 5.74) is 2.75. The second-order valence-electron chi connectivity index (χ2n) is 3.87. The van der Waals surface area contributed by atoms with E-state index in [1.165, 1.54) is 0 Å². The van der Waals surface area contributed by atoms with Gasteiger partial charge < -0.3 is 0 Å². The fourth-order valence-corrected chi connectivity index (χ4v) is 1.79. The Balaban J connectivity index is 2.05. The summed E-state index contributed by atoms with van der Waals surface area (Å²) in [6.45, 7) is 0. The third kappa shape index (κ3) is 2.07. The molecule has 19 heavy (non-hydrogen) atoms. The summed E-state index contributed by atoms with van der Waals surface area (Å²) in [6, 6.07) is 11.3. The molecule has 5 heteroatoms. The maximum Gasteiger partial charge on any atom is 0.166 e. The molecule has 0 saturated heterocycles. The van der Waals surface area contributed by atoms with Gasteiger partial charge in [-0.05, 0) is 24.3 Å². The van der Waals surface area contributed by atoms with Gasteiger partial charge in [0, 0.05) is 24.2 Å². The molecule has 0 aliphatic carbocycles. The van der Waals surface area contributed by atoms with E-state index in [9.17, 15) is 0 Å². The zero-order valence-corrected chi connectivity index (χ0v) is 9.93. The Kier molecular flexibility index (Phi) is 2.75. The van der Waals surface area contributed by atoms with Crippen LogP contribution in [-0.2, 0) is 0 Å². The normalized spacial score (nSPS) is 10.1. The number of nitriles is 1. The molecule has 0 unspecified atom stereocenters. The smallest absolute Gasteiger partial charge is 0.166 e. The number of nitrogens with zero attached hydrogens (tertiary/aromatic N) is 5. The molecule has 0 aliphatic heterocycles. The van der Waals surface area contributed by atoms with Gasteiger partial charge in [-0.3, -0.25) is 4.98 Å². The van der Waals surface area contributed by atoms with E-state index in [-0.39, 0.29) is 0 Å². The van der Waals surface area contributed by atoms with Gasteiger partial charge in [0.25, 0.3) is 0 Å². The molecule has 3 rings (SSSR count). The predicted octanol–water partition coefficient (Wildman–Crippen LogP) is 2.20. The van der Waals surface area contributed by atoms with Crippen LogP contribution in [0, 0.1) is 11.3 Å². The van der Waals surface area contributed by atoms with Gasteiger partial charge >= 0.3 is 0 Å². The highest BCUT2D eigenvalue weighted by Crippen LogP contribution is 2.18. The lowest BCUT2D eigenvalue weighted by Crippen LogP contribution is -1.99. The highest BCUT2D eigenvalue weighted by atomic mass is 15.3. The number of rotatable bonds is 2. The van der Waals surface area contributed by atoms with Crippen LogP contribution in [-0.4, -0.2) is 19.7 Å². The molecule has 90 valence electrons. The summed E-state index contributed by atoms with van der Waals surface area (Å²) in [5, 5.41) is 13.3. The molecule has 0 aromatic carbocycles. The summed E-state index contributed by atoms with van der Waals surface area (Å²) in [7, 11) is 0. The topological polar surface area (TPSA) is 67.4 Å². The van der Waals surface area contributed by atoms with E-state index in [0.717, 1.165) is 11.3 Å². The van der Waals surface area contributed by atoms with Gasteiger partial charge in [0.15, 0.2) is 5.69 Å². The van der Waals surface area contributed by atoms with Crippen LogP contribution in [0.25, 0.3) is 16.9 Å². The molecule has 0 aliphatic rings. The largest absolute Gasteiger partial charge is 0.256 e. The van der Waals surface area contributed by atoms with Gasteiger partial charge in [0.05, 0.1) is 11.9 Å². The first-order valence-corrected chi connectivity index (χ1v) is 5.70. The Morgan fingerprint density at radius 2 is 1.95 bits per heavy atom. The van der Waals surface area contributed by atoms with Crippen LogP contribution in [0.4, 0.5) is 0 Å². The number of hydrogen-bond donors (Lipinski definition) is 0. The lowest BCUT2D eigenvalue weighted by molar-refractivity contribution is 0.869. The van der Waals surface area contributed by atoms with Gasteiger partial charge in [-0.25, -0.2) is 9.67 Å². The molecule has 3 aromatic rings. The fraction of sp³-hybridized carbons (Fsp3) is 0. The third-order valence-electron chi connectivity index (χ3n) is 2.68. The monoisotopic (exact) mass is 247 g/mol. The number of pyridine rings is 2. The molecule has 0 bridgehead atoms. The van der Waals surface area contributed by atoms with E-state index < -0.39 is 0 Å². The van der Waals surface area contributed by atoms with Crippen LogP contribution >= 0.6 is 0 Å². The molecule has 0 saturated carbocycles. The first-order valence-electron chi connectivity index (χ1n) is 5.70. The first-order chi connectivity index (χ1) is 9.38. The van der Waals surface area contributed by atoms with Crippen molar-refractivity contribution in [3.8, 4) is 23.0 Å². The Morgan fingerprint density at radius 1 is 1.05 bits per heavy atom. The summed E-state index contributed by atoms with van der Waals surface area (Å²) >= 11 is 0. The van der Waals surface area contributed by atoms with Crippen molar-refractivity contribution in [3.05, 3.63) is 60.8 Å². The molecular weight excluding hydrogens is 238 g/mol. The molecular formula is C14H9N5. The molecule has 5 nitrogen and oxygen atoms in total. The van der Waals surface area contributed by atoms with Crippen molar-refractivity contribution in [2.24, 2.45) is 0 Å². The van der Waals surface area contributed by atoms with Crippen LogP contribution in [0.1, 0.15) is 5.69 Å². The van der Waals surface area contributed by atoms with Crippen molar-refractivity contribution in [1.29, 1.82) is 5.26 Å². The average molecular weight is 247 g/mol. The summed E-state index contributed by atoms with van der Waals surface area (Å²) in [4.78, 5) is 8.28. The minimum Gasteiger partial charge on any atom is -0.256 e. The highest BCUT2D eigenvalue weighted by Gasteiger charge is 2.08. The maximum atomic E-state index is 9.04. The van der Waals surface area contributed by atoms with E-state index in [4.69, 9.17) is 5.26 Å². The SMILES string of the molecule is N#Cc1ncccc1-n1cc(-c2ccccn2)cn1. The van der Waals surface area contributed by atoms with E-state index in [1.54, 1.807) is 35.4 Å². The van der Waals surface area contributed by atoms with Crippen molar-refractivity contribution in [3.63, 3.8) is 0 Å². The molecule has 0 N–H and O–H groups in total. The second kappa shape index (κ2) is 4.70. The molecule has 0 spiro atoms. The van der Waals surface area contributed by atoms with Crippen molar-refractivity contribution in [2.45, 2.75) is 0 Å². The maximum absolute atomic E-state index is 9.04. The van der Waals surface area contributed by atoms with E-state index in [1.807, 2.05) is 24.4 Å². The van der Waals surface area contributed by atoms with Crippen molar-refractivity contribution in [2.75, 3.05) is 0 Å². The second-order valence-corrected chi connectivity index (χ2v) is 3.87. The first kappa shape index (κ1) is 11.1. The summed E-state index contributed by atoms with van der Waals surface area (Å²) < 4.78 is 1.63. The lowest BCUT2D eigenvalue weighted by Gasteiger charge is -2.01. The van der Waals surface area contributed by atoms with E-state index >= 15 is 0 Å². The van der Waals surface area contributed by atoms with Crippen molar-refractivity contribution in [1.82, 2.24) is 19.7 Å². The van der Waals surface area contributed by atoms with Gasteiger partial charge in [0.1, 0.15) is 11.8 Å². The predicted molar refractivity (Wildman–Crippen MR) is 69.3 cm³/mol. The Morgan fingerprint density at radius 3 is 2.74 bits per heavy atom. The quantitative estimate of drug-likeness (QED) is 0.696. The Hall–Kier alpha value is -3.00.